The van der Waals surface area contributed by atoms with E-state index >= 15 is 0 Å². The molecule has 0 aliphatic rings. The maximum absolute atomic E-state index is 11.8. The van der Waals surface area contributed by atoms with Crippen molar-refractivity contribution >= 4 is 21.7 Å². The van der Waals surface area contributed by atoms with Gasteiger partial charge in [0.15, 0.2) is 0 Å². The highest BCUT2D eigenvalue weighted by Gasteiger charge is 2.18. The molecule has 0 fully saturated rings. The van der Waals surface area contributed by atoms with Crippen molar-refractivity contribution in [2.45, 2.75) is 30.7 Å². The summed E-state index contributed by atoms with van der Waals surface area (Å²) in [6.07, 6.45) is 0.519. The summed E-state index contributed by atoms with van der Waals surface area (Å²) in [7, 11) is -2.24. The van der Waals surface area contributed by atoms with Crippen LogP contribution in [0.2, 0.25) is 0 Å². The summed E-state index contributed by atoms with van der Waals surface area (Å²) >= 11 is 0. The second kappa shape index (κ2) is 6.53. The average molecular weight is 286 g/mol. The molecule has 7 heteroatoms. The molecular weight excluding hydrogens is 268 g/mol. The van der Waals surface area contributed by atoms with E-state index in [4.69, 9.17) is 5.11 Å². The van der Waals surface area contributed by atoms with Crippen LogP contribution in [0.25, 0.3) is 0 Å². The van der Waals surface area contributed by atoms with Crippen LogP contribution in [0, 0.1) is 0 Å². The summed E-state index contributed by atoms with van der Waals surface area (Å²) in [5.74, 6) is -0.923. The van der Waals surface area contributed by atoms with E-state index in [1.54, 1.807) is 18.2 Å². The van der Waals surface area contributed by atoms with Crippen molar-refractivity contribution in [2.75, 3.05) is 12.4 Å². The predicted molar refractivity (Wildman–Crippen MR) is 72.6 cm³/mol. The first-order valence-electron chi connectivity index (χ1n) is 5.91. The van der Waals surface area contributed by atoms with E-state index in [1.807, 2.05) is 6.92 Å². The van der Waals surface area contributed by atoms with Crippen LogP contribution in [0.1, 0.15) is 19.8 Å². The van der Waals surface area contributed by atoms with Gasteiger partial charge in [0.05, 0.1) is 12.1 Å². The lowest BCUT2D eigenvalue weighted by Gasteiger charge is -2.18. The zero-order valence-corrected chi connectivity index (χ0v) is 11.7. The van der Waals surface area contributed by atoms with Gasteiger partial charge in [-0.1, -0.05) is 19.1 Å². The first-order chi connectivity index (χ1) is 8.90. The lowest BCUT2D eigenvalue weighted by Crippen LogP contribution is -2.25. The van der Waals surface area contributed by atoms with Crippen LogP contribution in [-0.2, 0) is 14.8 Å². The molecule has 1 aromatic carbocycles. The molecule has 0 radical (unpaired) electrons. The average Bonchev–Trinajstić information content (AvgIpc) is 2.38. The molecule has 0 spiro atoms. The number of sulfonamides is 1. The molecule has 0 aliphatic carbocycles. The molecule has 0 bridgehead atoms. The molecule has 3 N–H and O–H groups in total. The highest BCUT2D eigenvalue weighted by Crippen LogP contribution is 2.22. The molecule has 0 aliphatic heterocycles. The molecule has 106 valence electrons. The summed E-state index contributed by atoms with van der Waals surface area (Å²) < 4.78 is 25.9. The number of nitrogens with one attached hydrogen (secondary N) is 2. The maximum Gasteiger partial charge on any atom is 0.305 e. The van der Waals surface area contributed by atoms with Crippen molar-refractivity contribution in [3.05, 3.63) is 24.3 Å². The van der Waals surface area contributed by atoms with Crippen molar-refractivity contribution in [3.63, 3.8) is 0 Å². The lowest BCUT2D eigenvalue weighted by molar-refractivity contribution is -0.137. The van der Waals surface area contributed by atoms with Crippen molar-refractivity contribution in [1.82, 2.24) is 4.72 Å². The van der Waals surface area contributed by atoms with Gasteiger partial charge in [-0.05, 0) is 25.6 Å². The molecule has 0 aromatic heterocycles. The molecule has 0 heterocycles. The second-order valence-corrected chi connectivity index (χ2v) is 5.91. The molecule has 6 nitrogen and oxygen atoms in total. The molecule has 1 unspecified atom stereocenters. The van der Waals surface area contributed by atoms with Crippen molar-refractivity contribution < 1.29 is 18.3 Å². The van der Waals surface area contributed by atoms with Gasteiger partial charge in [-0.3, -0.25) is 4.79 Å². The van der Waals surface area contributed by atoms with E-state index < -0.39 is 16.0 Å². The van der Waals surface area contributed by atoms with Gasteiger partial charge >= 0.3 is 5.97 Å². The molecule has 0 saturated heterocycles. The van der Waals surface area contributed by atoms with Crippen LogP contribution in [0.15, 0.2) is 29.2 Å². The van der Waals surface area contributed by atoms with Crippen molar-refractivity contribution in [3.8, 4) is 0 Å². The molecular formula is C12H18N2O4S. The molecule has 1 aromatic rings. The Morgan fingerprint density at radius 1 is 1.37 bits per heavy atom. The largest absolute Gasteiger partial charge is 0.481 e. The Kier molecular flexibility index (Phi) is 5.31. The van der Waals surface area contributed by atoms with Crippen LogP contribution in [0.3, 0.4) is 0 Å². The monoisotopic (exact) mass is 286 g/mol. The minimum absolute atomic E-state index is 0.0650. The van der Waals surface area contributed by atoms with Crippen LogP contribution in [0.4, 0.5) is 5.69 Å². The Bertz CT molecular complexity index is 542. The van der Waals surface area contributed by atoms with Crippen molar-refractivity contribution in [1.29, 1.82) is 0 Å². The quantitative estimate of drug-likeness (QED) is 0.701. The molecule has 1 atom stereocenters. The molecule has 19 heavy (non-hydrogen) atoms. The number of carboxylic acids is 1. The fourth-order valence-corrected chi connectivity index (χ4v) is 2.55. The number of aliphatic carboxylic acids is 1. The van der Waals surface area contributed by atoms with Crippen LogP contribution < -0.4 is 10.0 Å². The Balaban J connectivity index is 3.04. The van der Waals surface area contributed by atoms with E-state index in [0.717, 1.165) is 0 Å². The van der Waals surface area contributed by atoms with Gasteiger partial charge < -0.3 is 10.4 Å². The highest BCUT2D eigenvalue weighted by molar-refractivity contribution is 7.89. The standard InChI is InChI=1S/C12H18N2O4S/c1-3-9(8-12(15)16)14-10-6-4-5-7-11(10)19(17,18)13-2/h4-7,9,13-14H,3,8H2,1-2H3,(H,15,16). The third kappa shape index (κ3) is 4.22. The van der Waals surface area contributed by atoms with E-state index in [9.17, 15) is 13.2 Å². The number of carbonyl (C=O) groups is 1. The van der Waals surface area contributed by atoms with Gasteiger partial charge in [-0.2, -0.15) is 0 Å². The Morgan fingerprint density at radius 2 is 2.00 bits per heavy atom. The zero-order chi connectivity index (χ0) is 14.5. The first kappa shape index (κ1) is 15.5. The molecule has 1 rings (SSSR count). The van der Waals surface area contributed by atoms with Crippen molar-refractivity contribution in [2.24, 2.45) is 0 Å². The van der Waals surface area contributed by atoms with E-state index in [0.29, 0.717) is 12.1 Å². The van der Waals surface area contributed by atoms with Gasteiger partial charge in [0.25, 0.3) is 0 Å². The summed E-state index contributed by atoms with van der Waals surface area (Å²) in [6, 6.07) is 6.10. The Hall–Kier alpha value is -1.60. The maximum atomic E-state index is 11.8. The Labute approximate surface area is 112 Å². The zero-order valence-electron chi connectivity index (χ0n) is 10.9. The molecule has 0 saturated carbocycles. The van der Waals surface area contributed by atoms with Crippen LogP contribution >= 0.6 is 0 Å². The molecule has 0 amide bonds. The fraction of sp³-hybridized carbons (Fsp3) is 0.417. The minimum atomic E-state index is -3.57. The fourth-order valence-electron chi connectivity index (χ4n) is 1.66. The van der Waals surface area contributed by atoms with E-state index in [2.05, 4.69) is 10.0 Å². The Morgan fingerprint density at radius 3 is 2.53 bits per heavy atom. The number of hydrogen-bond donors (Lipinski definition) is 3. The van der Waals surface area contributed by atoms with Crippen LogP contribution in [-0.4, -0.2) is 32.6 Å². The second-order valence-electron chi connectivity index (χ2n) is 4.05. The van der Waals surface area contributed by atoms with Gasteiger partial charge in [-0.15, -0.1) is 0 Å². The SMILES string of the molecule is CCC(CC(=O)O)Nc1ccccc1S(=O)(=O)NC. The summed E-state index contributed by atoms with van der Waals surface area (Å²) in [4.78, 5) is 10.8. The number of hydrogen-bond acceptors (Lipinski definition) is 4. The third-order valence-electron chi connectivity index (χ3n) is 2.72. The first-order valence-corrected chi connectivity index (χ1v) is 7.40. The highest BCUT2D eigenvalue weighted by atomic mass is 32.2. The van der Waals surface area contributed by atoms with Crippen LogP contribution in [0.5, 0.6) is 0 Å². The summed E-state index contributed by atoms with van der Waals surface area (Å²) in [5, 5.41) is 11.8. The number of rotatable bonds is 7. The normalized spacial score (nSPS) is 12.9. The number of para-hydroxylation sites is 1. The van der Waals surface area contributed by atoms with E-state index in [-0.39, 0.29) is 17.4 Å². The summed E-state index contributed by atoms with van der Waals surface area (Å²) in [6.45, 7) is 1.84. The summed E-state index contributed by atoms with van der Waals surface area (Å²) in [5.41, 5.74) is 0.407. The van der Waals surface area contributed by atoms with Gasteiger partial charge in [0, 0.05) is 6.04 Å². The van der Waals surface area contributed by atoms with Gasteiger partial charge in [0.1, 0.15) is 4.90 Å². The minimum Gasteiger partial charge on any atom is -0.481 e. The van der Waals surface area contributed by atoms with Gasteiger partial charge in [0.2, 0.25) is 10.0 Å². The number of benzene rings is 1. The number of anilines is 1. The third-order valence-corrected chi connectivity index (χ3v) is 4.19. The number of carboxylic acid groups (broad SMARTS) is 1. The topological polar surface area (TPSA) is 95.5 Å². The predicted octanol–water partition coefficient (Wildman–Crippen LogP) is 1.26. The smallest absolute Gasteiger partial charge is 0.305 e. The lowest BCUT2D eigenvalue weighted by atomic mass is 10.1. The van der Waals surface area contributed by atoms with E-state index in [1.165, 1.54) is 13.1 Å². The van der Waals surface area contributed by atoms with Gasteiger partial charge in [-0.25, -0.2) is 13.1 Å².